The molecule has 3 rings (SSSR count). The number of nitrogens with zero attached hydrogens (tertiary/aromatic N) is 1. The quantitative estimate of drug-likeness (QED) is 0.758. The number of hydrogen-bond donors (Lipinski definition) is 1. The van der Waals surface area contributed by atoms with E-state index in [1.54, 1.807) is 21.3 Å². The third kappa shape index (κ3) is 2.93. The first-order valence-corrected chi connectivity index (χ1v) is 7.59. The van der Waals surface area contributed by atoms with E-state index < -0.39 is 0 Å². The normalized spacial score (nSPS) is 10.5. The van der Waals surface area contributed by atoms with Crippen LogP contribution in [0, 0.1) is 6.92 Å². The maximum absolute atomic E-state index is 5.43. The molecule has 2 aromatic carbocycles. The van der Waals surface area contributed by atoms with Gasteiger partial charge in [-0.25, -0.2) is 4.98 Å². The molecule has 1 heterocycles. The first-order chi connectivity index (χ1) is 11.7. The molecule has 5 nitrogen and oxygen atoms in total. The highest BCUT2D eigenvalue weighted by Crippen LogP contribution is 2.34. The number of aromatic nitrogens is 1. The summed E-state index contributed by atoms with van der Waals surface area (Å²) in [7, 11) is 4.90. The second-order valence-electron chi connectivity index (χ2n) is 5.36. The van der Waals surface area contributed by atoms with Crippen molar-refractivity contribution in [3.63, 3.8) is 0 Å². The van der Waals surface area contributed by atoms with E-state index in [1.165, 1.54) is 0 Å². The van der Waals surface area contributed by atoms with Crippen LogP contribution in [0.2, 0.25) is 0 Å². The molecular formula is C19H20N2O3. The monoisotopic (exact) mass is 324 g/mol. The van der Waals surface area contributed by atoms with Gasteiger partial charge in [-0.05, 0) is 31.2 Å². The standard InChI is InChI=1S/C19H20N2O3/c1-12-10-15(14-6-5-7-17(23-3)19(14)20-12)21-13-8-9-16(22-2)18(11-13)24-4/h5-11H,1-4H3,(H,20,21). The van der Waals surface area contributed by atoms with Crippen molar-refractivity contribution in [2.75, 3.05) is 26.6 Å². The van der Waals surface area contributed by atoms with Crippen molar-refractivity contribution in [2.45, 2.75) is 6.92 Å². The summed E-state index contributed by atoms with van der Waals surface area (Å²) in [5.74, 6) is 2.13. The summed E-state index contributed by atoms with van der Waals surface area (Å²) in [6, 6.07) is 13.6. The lowest BCUT2D eigenvalue weighted by atomic mass is 10.1. The van der Waals surface area contributed by atoms with Crippen LogP contribution in [0.5, 0.6) is 17.2 Å². The zero-order valence-corrected chi connectivity index (χ0v) is 14.2. The molecule has 0 bridgehead atoms. The average Bonchev–Trinajstić information content (AvgIpc) is 2.61. The van der Waals surface area contributed by atoms with Gasteiger partial charge < -0.3 is 19.5 Å². The van der Waals surface area contributed by atoms with E-state index in [9.17, 15) is 0 Å². The maximum atomic E-state index is 5.43. The van der Waals surface area contributed by atoms with Gasteiger partial charge in [-0.1, -0.05) is 12.1 Å². The predicted octanol–water partition coefficient (Wildman–Crippen LogP) is 4.31. The highest BCUT2D eigenvalue weighted by molar-refractivity contribution is 5.96. The highest BCUT2D eigenvalue weighted by Gasteiger charge is 2.10. The highest BCUT2D eigenvalue weighted by atomic mass is 16.5. The van der Waals surface area contributed by atoms with E-state index >= 15 is 0 Å². The van der Waals surface area contributed by atoms with Crippen LogP contribution in [-0.2, 0) is 0 Å². The smallest absolute Gasteiger partial charge is 0.162 e. The minimum absolute atomic E-state index is 0.676. The predicted molar refractivity (Wildman–Crippen MR) is 95.9 cm³/mol. The molecule has 1 aromatic heterocycles. The number of para-hydroxylation sites is 1. The van der Waals surface area contributed by atoms with Crippen LogP contribution in [-0.4, -0.2) is 26.3 Å². The second-order valence-corrected chi connectivity index (χ2v) is 5.36. The summed E-state index contributed by atoms with van der Waals surface area (Å²) >= 11 is 0. The fourth-order valence-electron chi connectivity index (χ4n) is 2.69. The van der Waals surface area contributed by atoms with Gasteiger partial charge in [0.2, 0.25) is 0 Å². The Kier molecular flexibility index (Phi) is 4.42. The molecule has 0 amide bonds. The largest absolute Gasteiger partial charge is 0.494 e. The Labute approximate surface area is 141 Å². The van der Waals surface area contributed by atoms with Gasteiger partial charge >= 0.3 is 0 Å². The van der Waals surface area contributed by atoms with Crippen molar-refractivity contribution < 1.29 is 14.2 Å². The van der Waals surface area contributed by atoms with Crippen LogP contribution < -0.4 is 19.5 Å². The van der Waals surface area contributed by atoms with Gasteiger partial charge in [0.05, 0.1) is 21.3 Å². The van der Waals surface area contributed by atoms with E-state index in [0.29, 0.717) is 11.5 Å². The van der Waals surface area contributed by atoms with Gasteiger partial charge in [0.25, 0.3) is 0 Å². The van der Waals surface area contributed by atoms with Gasteiger partial charge in [0.1, 0.15) is 11.3 Å². The molecule has 0 saturated carbocycles. The number of nitrogens with one attached hydrogen (secondary N) is 1. The molecule has 3 aromatic rings. The number of anilines is 2. The zero-order valence-electron chi connectivity index (χ0n) is 14.2. The fraction of sp³-hybridized carbons (Fsp3) is 0.211. The molecule has 5 heteroatoms. The van der Waals surface area contributed by atoms with Crippen LogP contribution in [0.15, 0.2) is 42.5 Å². The molecule has 0 spiro atoms. The summed E-state index contributed by atoms with van der Waals surface area (Å²) in [4.78, 5) is 4.60. The van der Waals surface area contributed by atoms with Crippen LogP contribution in [0.4, 0.5) is 11.4 Å². The van der Waals surface area contributed by atoms with Gasteiger partial charge in [0, 0.05) is 28.5 Å². The lowest BCUT2D eigenvalue weighted by molar-refractivity contribution is 0.355. The SMILES string of the molecule is COc1ccc(Nc2cc(C)nc3c(OC)cccc23)cc1OC. The minimum Gasteiger partial charge on any atom is -0.494 e. The summed E-state index contributed by atoms with van der Waals surface area (Å²) in [6.07, 6.45) is 0. The zero-order chi connectivity index (χ0) is 17.1. The van der Waals surface area contributed by atoms with E-state index in [2.05, 4.69) is 10.3 Å². The molecule has 124 valence electrons. The van der Waals surface area contributed by atoms with Crippen molar-refractivity contribution in [1.29, 1.82) is 0 Å². The number of methoxy groups -OCH3 is 3. The Balaban J connectivity index is 2.07. The van der Waals surface area contributed by atoms with Crippen LogP contribution in [0.25, 0.3) is 10.9 Å². The number of hydrogen-bond acceptors (Lipinski definition) is 5. The number of fused-ring (bicyclic) bond motifs is 1. The molecule has 0 saturated heterocycles. The molecule has 24 heavy (non-hydrogen) atoms. The van der Waals surface area contributed by atoms with E-state index in [4.69, 9.17) is 14.2 Å². The van der Waals surface area contributed by atoms with Crippen molar-refractivity contribution in [2.24, 2.45) is 0 Å². The number of ether oxygens (including phenoxy) is 3. The Morgan fingerprint density at radius 1 is 0.833 bits per heavy atom. The summed E-state index contributed by atoms with van der Waals surface area (Å²) in [5, 5.41) is 4.43. The minimum atomic E-state index is 0.676. The lowest BCUT2D eigenvalue weighted by Gasteiger charge is -2.14. The fourth-order valence-corrected chi connectivity index (χ4v) is 2.69. The topological polar surface area (TPSA) is 52.6 Å². The summed E-state index contributed by atoms with van der Waals surface area (Å²) in [6.45, 7) is 1.96. The summed E-state index contributed by atoms with van der Waals surface area (Å²) in [5.41, 5.74) is 3.61. The van der Waals surface area contributed by atoms with Crippen molar-refractivity contribution in [3.05, 3.63) is 48.2 Å². The van der Waals surface area contributed by atoms with E-state index in [-0.39, 0.29) is 0 Å². The number of pyridine rings is 1. The Bertz CT molecular complexity index is 878. The van der Waals surface area contributed by atoms with E-state index in [0.717, 1.165) is 33.7 Å². The first kappa shape index (κ1) is 15.9. The third-order valence-corrected chi connectivity index (χ3v) is 3.81. The van der Waals surface area contributed by atoms with Gasteiger partial charge in [-0.2, -0.15) is 0 Å². The molecule has 1 N–H and O–H groups in total. The summed E-state index contributed by atoms with van der Waals surface area (Å²) < 4.78 is 16.1. The van der Waals surface area contributed by atoms with Crippen LogP contribution in [0.3, 0.4) is 0 Å². The molecule has 0 radical (unpaired) electrons. The van der Waals surface area contributed by atoms with Gasteiger partial charge in [0.15, 0.2) is 11.5 Å². The van der Waals surface area contributed by atoms with Gasteiger partial charge in [-0.15, -0.1) is 0 Å². The molecule has 0 aliphatic carbocycles. The molecule has 0 fully saturated rings. The second kappa shape index (κ2) is 6.66. The van der Waals surface area contributed by atoms with Crippen molar-refractivity contribution in [3.8, 4) is 17.2 Å². The maximum Gasteiger partial charge on any atom is 0.162 e. The molecule has 0 aliphatic heterocycles. The van der Waals surface area contributed by atoms with Crippen molar-refractivity contribution >= 4 is 22.3 Å². The molecule has 0 unspecified atom stereocenters. The number of rotatable bonds is 5. The number of aryl methyl sites for hydroxylation is 1. The first-order valence-electron chi connectivity index (χ1n) is 7.59. The van der Waals surface area contributed by atoms with Crippen molar-refractivity contribution in [1.82, 2.24) is 4.98 Å². The third-order valence-electron chi connectivity index (χ3n) is 3.81. The van der Waals surface area contributed by atoms with Crippen LogP contribution >= 0.6 is 0 Å². The Morgan fingerprint density at radius 2 is 1.58 bits per heavy atom. The van der Waals surface area contributed by atoms with Crippen LogP contribution in [0.1, 0.15) is 5.69 Å². The molecule has 0 atom stereocenters. The average molecular weight is 324 g/mol. The molecule has 0 aliphatic rings. The van der Waals surface area contributed by atoms with Gasteiger partial charge in [-0.3, -0.25) is 0 Å². The lowest BCUT2D eigenvalue weighted by Crippen LogP contribution is -1.97. The van der Waals surface area contributed by atoms with E-state index in [1.807, 2.05) is 49.4 Å². The number of benzene rings is 2. The molecular weight excluding hydrogens is 304 g/mol. The Hall–Kier alpha value is -2.95. The Morgan fingerprint density at radius 3 is 2.29 bits per heavy atom.